The molecule has 0 unspecified atom stereocenters. The van der Waals surface area contributed by atoms with Crippen molar-refractivity contribution in [1.82, 2.24) is 4.98 Å². The lowest BCUT2D eigenvalue weighted by Gasteiger charge is -2.08. The predicted molar refractivity (Wildman–Crippen MR) is 70.4 cm³/mol. The van der Waals surface area contributed by atoms with E-state index in [1.165, 1.54) is 11.8 Å². The molecule has 0 aliphatic rings. The molecule has 0 aliphatic heterocycles. The first-order valence-corrected chi connectivity index (χ1v) is 8.62. The second kappa shape index (κ2) is 7.08. The van der Waals surface area contributed by atoms with Crippen LogP contribution in [0, 0.1) is 0 Å². The molecule has 1 aromatic rings. The predicted octanol–water partition coefficient (Wildman–Crippen LogP) is 2.53. The molecule has 1 rings (SSSR count). The third-order valence-electron chi connectivity index (χ3n) is 1.76. The first kappa shape index (κ1) is 14.6. The van der Waals surface area contributed by atoms with Crippen LogP contribution in [0.5, 0.6) is 5.75 Å². The molecule has 0 saturated carbocycles. The van der Waals surface area contributed by atoms with Crippen molar-refractivity contribution < 1.29 is 13.2 Å². The molecule has 0 spiro atoms. The van der Waals surface area contributed by atoms with E-state index >= 15 is 0 Å². The summed E-state index contributed by atoms with van der Waals surface area (Å²) in [7, 11) is 1.69. The Kier molecular flexibility index (Phi) is 6.08. The zero-order chi connectivity index (χ0) is 12.7. The number of hydrogen-bond acceptors (Lipinski definition) is 5. The topological polar surface area (TPSA) is 56.3 Å². The maximum absolute atomic E-state index is 10.8. The summed E-state index contributed by atoms with van der Waals surface area (Å²) in [5.74, 6) is 0.972. The minimum Gasteiger partial charge on any atom is -0.491 e. The van der Waals surface area contributed by atoms with Gasteiger partial charge in [-0.3, -0.25) is 0 Å². The molecule has 0 saturated heterocycles. The smallest absolute Gasteiger partial charge is 0.233 e. The SMILES string of the molecule is CCCOc1cccnc1SCCS(=O)(=O)Cl. The average Bonchev–Trinajstić information content (AvgIpc) is 2.26. The van der Waals surface area contributed by atoms with Gasteiger partial charge in [-0.15, -0.1) is 11.8 Å². The van der Waals surface area contributed by atoms with Crippen molar-refractivity contribution in [2.75, 3.05) is 18.1 Å². The van der Waals surface area contributed by atoms with E-state index in [9.17, 15) is 8.42 Å². The Bertz CT molecular complexity index is 451. The van der Waals surface area contributed by atoms with Gasteiger partial charge in [0, 0.05) is 22.6 Å². The molecule has 0 N–H and O–H groups in total. The molecule has 0 radical (unpaired) electrons. The van der Waals surface area contributed by atoms with Gasteiger partial charge < -0.3 is 4.74 Å². The van der Waals surface area contributed by atoms with Crippen LogP contribution in [0.3, 0.4) is 0 Å². The summed E-state index contributed by atoms with van der Waals surface area (Å²) in [6.07, 6.45) is 2.56. The fourth-order valence-electron chi connectivity index (χ4n) is 1.04. The number of thioether (sulfide) groups is 1. The molecular formula is C10H14ClNO3S2. The minimum absolute atomic E-state index is 0.0803. The van der Waals surface area contributed by atoms with Gasteiger partial charge in [-0.25, -0.2) is 13.4 Å². The van der Waals surface area contributed by atoms with Crippen LogP contribution in [0.2, 0.25) is 0 Å². The standard InChI is InChI=1S/C10H14ClNO3S2/c1-2-6-15-9-4-3-5-12-10(9)16-7-8-17(11,13)14/h3-5H,2,6-8H2,1H3. The highest BCUT2D eigenvalue weighted by molar-refractivity contribution is 8.14. The van der Waals surface area contributed by atoms with Gasteiger partial charge in [0.15, 0.2) is 5.75 Å². The Morgan fingerprint density at radius 1 is 1.53 bits per heavy atom. The Hall–Kier alpha value is -0.460. The van der Waals surface area contributed by atoms with Crippen molar-refractivity contribution in [2.45, 2.75) is 18.4 Å². The number of pyridine rings is 1. The van der Waals surface area contributed by atoms with Gasteiger partial charge in [0.05, 0.1) is 12.4 Å². The lowest BCUT2D eigenvalue weighted by molar-refractivity contribution is 0.307. The van der Waals surface area contributed by atoms with E-state index in [0.29, 0.717) is 23.1 Å². The summed E-state index contributed by atoms with van der Waals surface area (Å²) in [6.45, 7) is 2.64. The van der Waals surface area contributed by atoms with E-state index in [1.807, 2.05) is 13.0 Å². The Labute approximate surface area is 110 Å². The van der Waals surface area contributed by atoms with Gasteiger partial charge in [-0.1, -0.05) is 6.92 Å². The molecule has 1 aromatic heterocycles. The molecular weight excluding hydrogens is 282 g/mol. The van der Waals surface area contributed by atoms with Crippen LogP contribution in [-0.4, -0.2) is 31.5 Å². The van der Waals surface area contributed by atoms with Crippen LogP contribution in [0.1, 0.15) is 13.3 Å². The number of nitrogens with zero attached hydrogens (tertiary/aromatic N) is 1. The number of hydrogen-bond donors (Lipinski definition) is 0. The van der Waals surface area contributed by atoms with Crippen molar-refractivity contribution in [3.8, 4) is 5.75 Å². The number of halogens is 1. The van der Waals surface area contributed by atoms with E-state index in [-0.39, 0.29) is 5.75 Å². The number of aromatic nitrogens is 1. The lowest BCUT2D eigenvalue weighted by atomic mass is 10.4. The van der Waals surface area contributed by atoms with E-state index in [2.05, 4.69) is 4.98 Å². The van der Waals surface area contributed by atoms with E-state index in [0.717, 1.165) is 6.42 Å². The summed E-state index contributed by atoms with van der Waals surface area (Å²) < 4.78 is 27.1. The number of rotatable bonds is 7. The zero-order valence-corrected chi connectivity index (χ0v) is 11.8. The normalized spacial score (nSPS) is 11.4. The Balaban J connectivity index is 2.57. The van der Waals surface area contributed by atoms with Gasteiger partial charge in [-0.2, -0.15) is 0 Å². The third kappa shape index (κ3) is 6.14. The third-order valence-corrected chi connectivity index (χ3v) is 4.17. The van der Waals surface area contributed by atoms with Crippen molar-refractivity contribution in [3.63, 3.8) is 0 Å². The summed E-state index contributed by atoms with van der Waals surface area (Å²) in [4.78, 5) is 4.15. The zero-order valence-electron chi connectivity index (χ0n) is 9.43. The van der Waals surface area contributed by atoms with Crippen LogP contribution >= 0.6 is 22.4 Å². The van der Waals surface area contributed by atoms with Gasteiger partial charge in [0.2, 0.25) is 9.05 Å². The van der Waals surface area contributed by atoms with Gasteiger partial charge >= 0.3 is 0 Å². The molecule has 1 heterocycles. The van der Waals surface area contributed by atoms with Crippen molar-refractivity contribution in [1.29, 1.82) is 0 Å². The molecule has 0 amide bonds. The first-order chi connectivity index (χ1) is 8.03. The molecule has 0 aromatic carbocycles. The lowest BCUT2D eigenvalue weighted by Crippen LogP contribution is -2.01. The highest BCUT2D eigenvalue weighted by Gasteiger charge is 2.09. The van der Waals surface area contributed by atoms with E-state index in [4.69, 9.17) is 15.4 Å². The second-order valence-electron chi connectivity index (χ2n) is 3.25. The fourth-order valence-corrected chi connectivity index (χ4v) is 3.34. The summed E-state index contributed by atoms with van der Waals surface area (Å²) in [6, 6.07) is 3.60. The summed E-state index contributed by atoms with van der Waals surface area (Å²) >= 11 is 1.32. The molecule has 0 fully saturated rings. The Morgan fingerprint density at radius 3 is 2.94 bits per heavy atom. The molecule has 0 bridgehead atoms. The highest BCUT2D eigenvalue weighted by Crippen LogP contribution is 2.26. The highest BCUT2D eigenvalue weighted by atomic mass is 35.7. The van der Waals surface area contributed by atoms with E-state index in [1.54, 1.807) is 12.3 Å². The number of ether oxygens (including phenoxy) is 1. The first-order valence-electron chi connectivity index (χ1n) is 5.16. The summed E-state index contributed by atoms with van der Waals surface area (Å²) in [5.41, 5.74) is 0. The minimum atomic E-state index is -3.44. The maximum Gasteiger partial charge on any atom is 0.233 e. The van der Waals surface area contributed by atoms with Gasteiger partial charge in [0.1, 0.15) is 5.03 Å². The molecule has 0 aliphatic carbocycles. The van der Waals surface area contributed by atoms with Crippen molar-refractivity contribution >= 4 is 31.5 Å². The van der Waals surface area contributed by atoms with Crippen LogP contribution < -0.4 is 4.74 Å². The van der Waals surface area contributed by atoms with Gasteiger partial charge in [0.25, 0.3) is 0 Å². The van der Waals surface area contributed by atoms with Crippen LogP contribution in [0.4, 0.5) is 0 Å². The Morgan fingerprint density at radius 2 is 2.29 bits per heavy atom. The van der Waals surface area contributed by atoms with Gasteiger partial charge in [-0.05, 0) is 18.6 Å². The molecule has 96 valence electrons. The van der Waals surface area contributed by atoms with Crippen molar-refractivity contribution in [3.05, 3.63) is 18.3 Å². The molecule has 17 heavy (non-hydrogen) atoms. The van der Waals surface area contributed by atoms with Crippen LogP contribution in [-0.2, 0) is 9.05 Å². The monoisotopic (exact) mass is 295 g/mol. The van der Waals surface area contributed by atoms with E-state index < -0.39 is 9.05 Å². The van der Waals surface area contributed by atoms with Crippen LogP contribution in [0.25, 0.3) is 0 Å². The van der Waals surface area contributed by atoms with Crippen molar-refractivity contribution in [2.24, 2.45) is 0 Å². The molecule has 4 nitrogen and oxygen atoms in total. The quantitative estimate of drug-likeness (QED) is 0.571. The largest absolute Gasteiger partial charge is 0.491 e. The van der Waals surface area contributed by atoms with Crippen LogP contribution in [0.15, 0.2) is 23.4 Å². The average molecular weight is 296 g/mol. The summed E-state index contributed by atoms with van der Waals surface area (Å²) in [5, 5.41) is 0.696. The fraction of sp³-hybridized carbons (Fsp3) is 0.500. The molecule has 0 atom stereocenters. The molecule has 7 heteroatoms. The maximum atomic E-state index is 10.8. The second-order valence-corrected chi connectivity index (χ2v) is 7.23.